The zero-order valence-corrected chi connectivity index (χ0v) is 19.6. The number of aromatic nitrogens is 4. The van der Waals surface area contributed by atoms with Crippen molar-refractivity contribution in [1.82, 2.24) is 29.9 Å². The van der Waals surface area contributed by atoms with E-state index in [0.717, 1.165) is 40.8 Å². The summed E-state index contributed by atoms with van der Waals surface area (Å²) in [6, 6.07) is 13.3. The fourth-order valence-electron chi connectivity index (χ4n) is 3.78. The first-order valence-electron chi connectivity index (χ1n) is 11.0. The van der Waals surface area contributed by atoms with E-state index in [4.69, 9.17) is 9.26 Å². The lowest BCUT2D eigenvalue weighted by Gasteiger charge is -2.33. The Hall–Kier alpha value is -3.63. The molecule has 0 aliphatic carbocycles. The Bertz CT molecular complexity index is 1230. The minimum absolute atomic E-state index is 0.0945. The van der Waals surface area contributed by atoms with Crippen molar-refractivity contribution in [3.63, 3.8) is 0 Å². The van der Waals surface area contributed by atoms with Gasteiger partial charge in [0.05, 0.1) is 31.5 Å². The average molecular weight is 477 g/mol. The topological polar surface area (TPSA) is 97.5 Å². The van der Waals surface area contributed by atoms with Gasteiger partial charge in [-0.3, -0.25) is 14.7 Å². The number of nitrogens with zero attached hydrogens (tertiary/aromatic N) is 6. The molecule has 1 amide bonds. The standard InChI is InChI=1S/C24H24N6O3S/c1-32-19-7-5-17(6-8-19)23-27-21(33-28-23)15-29-10-12-30(13-11-29)22(31)14-18-16-34-24(26-18)20-4-2-3-9-25-20/h2-9,16H,10-15H2,1H3. The number of hydrogen-bond donors (Lipinski definition) is 0. The number of carbonyl (C=O) groups excluding carboxylic acids is 1. The van der Waals surface area contributed by atoms with Crippen molar-refractivity contribution in [2.45, 2.75) is 13.0 Å². The van der Waals surface area contributed by atoms with Gasteiger partial charge in [-0.1, -0.05) is 11.2 Å². The molecule has 1 aromatic carbocycles. The van der Waals surface area contributed by atoms with Crippen molar-refractivity contribution >= 4 is 17.2 Å². The molecule has 1 aliphatic heterocycles. The number of carbonyl (C=O) groups is 1. The van der Waals surface area contributed by atoms with Gasteiger partial charge < -0.3 is 14.2 Å². The van der Waals surface area contributed by atoms with E-state index in [1.165, 1.54) is 11.3 Å². The van der Waals surface area contributed by atoms with E-state index in [2.05, 4.69) is 25.0 Å². The predicted octanol–water partition coefficient (Wildman–Crippen LogP) is 3.15. The van der Waals surface area contributed by atoms with E-state index < -0.39 is 0 Å². The van der Waals surface area contributed by atoms with Crippen molar-refractivity contribution in [2.75, 3.05) is 33.3 Å². The molecule has 1 fully saturated rings. The van der Waals surface area contributed by atoms with Gasteiger partial charge in [-0.25, -0.2) is 4.98 Å². The second-order valence-electron chi connectivity index (χ2n) is 7.93. The van der Waals surface area contributed by atoms with Crippen LogP contribution in [0.4, 0.5) is 0 Å². The van der Waals surface area contributed by atoms with Crippen LogP contribution in [0.25, 0.3) is 22.1 Å². The fourth-order valence-corrected chi connectivity index (χ4v) is 4.58. The van der Waals surface area contributed by atoms with Gasteiger partial charge in [-0.2, -0.15) is 4.98 Å². The maximum absolute atomic E-state index is 12.8. The monoisotopic (exact) mass is 476 g/mol. The van der Waals surface area contributed by atoms with E-state index in [1.807, 2.05) is 52.7 Å². The maximum Gasteiger partial charge on any atom is 0.241 e. The zero-order chi connectivity index (χ0) is 23.3. The average Bonchev–Trinajstić information content (AvgIpc) is 3.55. The third-order valence-corrected chi connectivity index (χ3v) is 6.58. The van der Waals surface area contributed by atoms with Gasteiger partial charge in [0.1, 0.15) is 10.8 Å². The van der Waals surface area contributed by atoms with Crippen molar-refractivity contribution < 1.29 is 14.1 Å². The Balaban J connectivity index is 1.11. The number of amides is 1. The summed E-state index contributed by atoms with van der Waals surface area (Å²) in [6.07, 6.45) is 2.05. The Morgan fingerprint density at radius 3 is 2.65 bits per heavy atom. The van der Waals surface area contributed by atoms with Gasteiger partial charge in [0.2, 0.25) is 17.6 Å². The van der Waals surface area contributed by atoms with Gasteiger partial charge in [0, 0.05) is 43.3 Å². The molecule has 0 unspecified atom stereocenters. The molecule has 0 N–H and O–H groups in total. The molecule has 0 atom stereocenters. The lowest BCUT2D eigenvalue weighted by molar-refractivity contribution is -0.132. The third-order valence-electron chi connectivity index (χ3n) is 5.67. The quantitative estimate of drug-likeness (QED) is 0.401. The maximum atomic E-state index is 12.8. The number of piperazine rings is 1. The molecule has 4 heterocycles. The number of benzene rings is 1. The number of thiazole rings is 1. The SMILES string of the molecule is COc1ccc(-c2noc(CN3CCN(C(=O)Cc4csc(-c5ccccn5)n4)CC3)n2)cc1. The summed E-state index contributed by atoms with van der Waals surface area (Å²) < 4.78 is 10.6. The lowest BCUT2D eigenvalue weighted by Crippen LogP contribution is -2.48. The fraction of sp³-hybridized carbons (Fsp3) is 0.292. The predicted molar refractivity (Wildman–Crippen MR) is 127 cm³/mol. The highest BCUT2D eigenvalue weighted by Crippen LogP contribution is 2.22. The molecule has 0 spiro atoms. The number of ether oxygens (including phenoxy) is 1. The van der Waals surface area contributed by atoms with Gasteiger partial charge in [0.25, 0.3) is 0 Å². The largest absolute Gasteiger partial charge is 0.497 e. The molecule has 0 saturated carbocycles. The van der Waals surface area contributed by atoms with Gasteiger partial charge in [-0.05, 0) is 36.4 Å². The Morgan fingerprint density at radius 2 is 1.91 bits per heavy atom. The molecule has 9 nitrogen and oxygen atoms in total. The smallest absolute Gasteiger partial charge is 0.241 e. The van der Waals surface area contributed by atoms with Crippen LogP contribution in [-0.4, -0.2) is 69.1 Å². The summed E-state index contributed by atoms with van der Waals surface area (Å²) in [7, 11) is 1.63. The van der Waals surface area contributed by atoms with Crippen molar-refractivity contribution in [3.05, 3.63) is 65.6 Å². The first-order chi connectivity index (χ1) is 16.7. The molecule has 174 valence electrons. The number of methoxy groups -OCH3 is 1. The normalized spacial score (nSPS) is 14.3. The molecule has 4 aromatic rings. The summed E-state index contributed by atoms with van der Waals surface area (Å²) in [4.78, 5) is 30.3. The molecular weight excluding hydrogens is 452 g/mol. The molecular formula is C24H24N6O3S. The van der Waals surface area contributed by atoms with Crippen molar-refractivity contribution in [2.24, 2.45) is 0 Å². The molecule has 34 heavy (non-hydrogen) atoms. The first kappa shape index (κ1) is 22.2. The Kier molecular flexibility index (Phi) is 6.59. The first-order valence-corrected chi connectivity index (χ1v) is 11.9. The van der Waals surface area contributed by atoms with Crippen molar-refractivity contribution in [1.29, 1.82) is 0 Å². The van der Waals surface area contributed by atoms with Crippen LogP contribution in [0.15, 0.2) is 58.6 Å². The Labute approximate surface area is 201 Å². The van der Waals surface area contributed by atoms with E-state index >= 15 is 0 Å². The van der Waals surface area contributed by atoms with E-state index in [9.17, 15) is 4.79 Å². The summed E-state index contributed by atoms with van der Waals surface area (Å²) >= 11 is 1.51. The van der Waals surface area contributed by atoms with Crippen LogP contribution in [0.2, 0.25) is 0 Å². The third kappa shape index (κ3) is 5.13. The van der Waals surface area contributed by atoms with Gasteiger partial charge >= 0.3 is 0 Å². The Morgan fingerprint density at radius 1 is 1.09 bits per heavy atom. The molecule has 3 aromatic heterocycles. The number of hydrogen-bond acceptors (Lipinski definition) is 9. The van der Waals surface area contributed by atoms with Crippen molar-refractivity contribution in [3.8, 4) is 27.8 Å². The highest BCUT2D eigenvalue weighted by Gasteiger charge is 2.23. The summed E-state index contributed by atoms with van der Waals surface area (Å²) in [5.41, 5.74) is 2.49. The highest BCUT2D eigenvalue weighted by molar-refractivity contribution is 7.13. The zero-order valence-electron chi connectivity index (χ0n) is 18.8. The van der Waals surface area contributed by atoms with Crippen LogP contribution in [-0.2, 0) is 17.8 Å². The second kappa shape index (κ2) is 10.1. The van der Waals surface area contributed by atoms with Gasteiger partial charge in [0.15, 0.2) is 0 Å². The lowest BCUT2D eigenvalue weighted by atomic mass is 10.2. The highest BCUT2D eigenvalue weighted by atomic mass is 32.1. The van der Waals surface area contributed by atoms with E-state index in [-0.39, 0.29) is 5.91 Å². The molecule has 10 heteroatoms. The summed E-state index contributed by atoms with van der Waals surface area (Å²) in [5, 5.41) is 6.87. The van der Waals surface area contributed by atoms with Crippen LogP contribution in [0, 0.1) is 0 Å². The number of rotatable bonds is 7. The molecule has 1 saturated heterocycles. The minimum atomic E-state index is 0.0945. The van der Waals surface area contributed by atoms with Crippen LogP contribution in [0.5, 0.6) is 5.75 Å². The second-order valence-corrected chi connectivity index (χ2v) is 8.79. The summed E-state index contributed by atoms with van der Waals surface area (Å²) in [5.74, 6) is 2.00. The van der Waals surface area contributed by atoms with E-state index in [1.54, 1.807) is 13.3 Å². The molecule has 0 radical (unpaired) electrons. The number of pyridine rings is 1. The minimum Gasteiger partial charge on any atom is -0.497 e. The van der Waals surface area contributed by atoms with Crippen LogP contribution >= 0.6 is 11.3 Å². The van der Waals surface area contributed by atoms with Crippen LogP contribution < -0.4 is 4.74 Å². The van der Waals surface area contributed by atoms with E-state index in [0.29, 0.717) is 37.8 Å². The van der Waals surface area contributed by atoms with Crippen LogP contribution in [0.3, 0.4) is 0 Å². The molecule has 1 aliphatic rings. The van der Waals surface area contributed by atoms with Crippen LogP contribution in [0.1, 0.15) is 11.6 Å². The molecule has 0 bridgehead atoms. The molecule has 5 rings (SSSR count). The summed E-state index contributed by atoms with van der Waals surface area (Å²) in [6.45, 7) is 3.39. The van der Waals surface area contributed by atoms with Gasteiger partial charge in [-0.15, -0.1) is 11.3 Å².